The van der Waals surface area contributed by atoms with Crippen molar-refractivity contribution >= 4 is 18.0 Å². The van der Waals surface area contributed by atoms with Crippen molar-refractivity contribution in [3.05, 3.63) is 30.3 Å². The molecular weight excluding hydrogens is 146 g/mol. The molecular formula is C7H5NOS. The van der Waals surface area contributed by atoms with Crippen molar-refractivity contribution in [1.82, 2.24) is 0 Å². The largest absolute Gasteiger partial charge is 0.247 e. The summed E-state index contributed by atoms with van der Waals surface area (Å²) in [6.45, 7) is 0. The highest BCUT2D eigenvalue weighted by Gasteiger charge is 1.86. The summed E-state index contributed by atoms with van der Waals surface area (Å²) in [6, 6.07) is 9.46. The molecule has 0 spiro atoms. The normalized spacial score (nSPS) is 8.40. The van der Waals surface area contributed by atoms with Gasteiger partial charge in [-0.1, -0.05) is 18.2 Å². The van der Waals surface area contributed by atoms with Crippen molar-refractivity contribution in [2.24, 2.45) is 4.40 Å². The minimum atomic E-state index is 0.950. The monoisotopic (exact) mass is 151 g/mol. The molecule has 10 heavy (non-hydrogen) atoms. The van der Waals surface area contributed by atoms with Crippen molar-refractivity contribution in [2.75, 3.05) is 0 Å². The summed E-state index contributed by atoms with van der Waals surface area (Å²) in [7, 11) is 0. The van der Waals surface area contributed by atoms with Gasteiger partial charge in [0.05, 0.1) is 0 Å². The second kappa shape index (κ2) is 3.88. The molecule has 0 amide bonds. The molecule has 0 N–H and O–H groups in total. The number of isocyanates is 1. The third-order valence-corrected chi connectivity index (χ3v) is 1.58. The molecule has 0 saturated carbocycles. The molecule has 0 aliphatic rings. The Labute approximate surface area is 63.1 Å². The number of rotatable bonds is 2. The molecule has 0 fully saturated rings. The molecule has 0 aliphatic heterocycles. The quantitative estimate of drug-likeness (QED) is 0.367. The van der Waals surface area contributed by atoms with E-state index in [-0.39, 0.29) is 0 Å². The van der Waals surface area contributed by atoms with Gasteiger partial charge in [0.1, 0.15) is 0 Å². The van der Waals surface area contributed by atoms with Crippen LogP contribution < -0.4 is 0 Å². The van der Waals surface area contributed by atoms with E-state index in [0.717, 1.165) is 16.8 Å². The fourth-order valence-electron chi connectivity index (χ4n) is 0.553. The van der Waals surface area contributed by atoms with Gasteiger partial charge >= 0.3 is 0 Å². The minimum Gasteiger partial charge on any atom is -0.210 e. The van der Waals surface area contributed by atoms with E-state index in [9.17, 15) is 4.79 Å². The van der Waals surface area contributed by atoms with E-state index in [4.69, 9.17) is 0 Å². The molecule has 2 nitrogen and oxygen atoms in total. The second-order valence-corrected chi connectivity index (χ2v) is 2.42. The van der Waals surface area contributed by atoms with Crippen LogP contribution >= 0.6 is 11.9 Å². The van der Waals surface area contributed by atoms with Crippen LogP contribution in [0.1, 0.15) is 0 Å². The van der Waals surface area contributed by atoms with Crippen LogP contribution in [0.25, 0.3) is 0 Å². The van der Waals surface area contributed by atoms with Gasteiger partial charge in [0.15, 0.2) is 0 Å². The lowest BCUT2D eigenvalue weighted by Gasteiger charge is -1.88. The van der Waals surface area contributed by atoms with Crippen LogP contribution in [0.3, 0.4) is 0 Å². The lowest BCUT2D eigenvalue weighted by Crippen LogP contribution is -1.63. The average molecular weight is 151 g/mol. The SMILES string of the molecule is O=C=NSc1ccccc1. The number of benzene rings is 1. The van der Waals surface area contributed by atoms with E-state index in [0.29, 0.717) is 0 Å². The molecule has 0 saturated heterocycles. The van der Waals surface area contributed by atoms with Gasteiger partial charge < -0.3 is 0 Å². The summed E-state index contributed by atoms with van der Waals surface area (Å²) in [4.78, 5) is 10.6. The average Bonchev–Trinajstić information content (AvgIpc) is 2.03. The smallest absolute Gasteiger partial charge is 0.210 e. The Morgan fingerprint density at radius 3 is 2.60 bits per heavy atom. The Balaban J connectivity index is 2.67. The molecule has 1 rings (SSSR count). The van der Waals surface area contributed by atoms with Crippen molar-refractivity contribution in [3.63, 3.8) is 0 Å². The molecule has 0 aromatic heterocycles. The van der Waals surface area contributed by atoms with Crippen molar-refractivity contribution in [1.29, 1.82) is 0 Å². The highest BCUT2D eigenvalue weighted by atomic mass is 32.2. The number of hydrogen-bond donors (Lipinski definition) is 0. The second-order valence-electron chi connectivity index (χ2n) is 1.59. The summed E-state index contributed by atoms with van der Waals surface area (Å²) >= 11 is 1.12. The number of nitrogens with zero attached hydrogens (tertiary/aromatic N) is 1. The van der Waals surface area contributed by atoms with E-state index in [1.54, 1.807) is 0 Å². The summed E-state index contributed by atoms with van der Waals surface area (Å²) in [6.07, 6.45) is 1.45. The van der Waals surface area contributed by atoms with Gasteiger partial charge in [0, 0.05) is 16.8 Å². The van der Waals surface area contributed by atoms with Gasteiger partial charge in [-0.3, -0.25) is 0 Å². The van der Waals surface area contributed by atoms with Crippen LogP contribution in [0.5, 0.6) is 0 Å². The van der Waals surface area contributed by atoms with Crippen LogP contribution in [0.2, 0.25) is 0 Å². The predicted molar refractivity (Wildman–Crippen MR) is 40.4 cm³/mol. The summed E-state index contributed by atoms with van der Waals surface area (Å²) in [5, 5.41) is 0. The van der Waals surface area contributed by atoms with E-state index < -0.39 is 0 Å². The summed E-state index contributed by atoms with van der Waals surface area (Å²) in [5.41, 5.74) is 0. The zero-order chi connectivity index (χ0) is 7.23. The Hall–Kier alpha value is -1.05. The Bertz CT molecular complexity index is 241. The van der Waals surface area contributed by atoms with Gasteiger partial charge in [0.25, 0.3) is 0 Å². The van der Waals surface area contributed by atoms with E-state index in [1.807, 2.05) is 30.3 Å². The first-order valence-corrected chi connectivity index (χ1v) is 3.50. The maximum Gasteiger partial charge on any atom is 0.247 e. The molecule has 0 heterocycles. The van der Waals surface area contributed by atoms with Crippen molar-refractivity contribution in [3.8, 4) is 0 Å². The summed E-state index contributed by atoms with van der Waals surface area (Å²) < 4.78 is 3.35. The lowest BCUT2D eigenvalue weighted by atomic mass is 10.4. The van der Waals surface area contributed by atoms with Crippen LogP contribution in [0, 0.1) is 0 Å². The first-order valence-electron chi connectivity index (χ1n) is 2.73. The maximum absolute atomic E-state index is 9.67. The Kier molecular flexibility index (Phi) is 2.74. The molecule has 0 atom stereocenters. The molecule has 1 aromatic carbocycles. The zero-order valence-corrected chi connectivity index (χ0v) is 5.97. The van der Waals surface area contributed by atoms with Crippen LogP contribution in [0.4, 0.5) is 0 Å². The van der Waals surface area contributed by atoms with Crippen LogP contribution in [-0.4, -0.2) is 6.08 Å². The fourth-order valence-corrected chi connectivity index (χ4v) is 0.974. The van der Waals surface area contributed by atoms with Gasteiger partial charge in [-0.05, 0) is 12.1 Å². The van der Waals surface area contributed by atoms with Crippen molar-refractivity contribution in [2.45, 2.75) is 4.90 Å². The molecule has 3 heteroatoms. The third kappa shape index (κ3) is 2.05. The standard InChI is InChI=1S/C7H5NOS/c9-6-8-10-7-4-2-1-3-5-7/h1-5H. The van der Waals surface area contributed by atoms with E-state index >= 15 is 0 Å². The van der Waals surface area contributed by atoms with Crippen LogP contribution in [0.15, 0.2) is 39.6 Å². The molecule has 1 aromatic rings. The van der Waals surface area contributed by atoms with Gasteiger partial charge in [0.2, 0.25) is 6.08 Å². The van der Waals surface area contributed by atoms with Crippen LogP contribution in [-0.2, 0) is 4.79 Å². The third-order valence-electron chi connectivity index (χ3n) is 0.932. The number of carbonyl (C=O) groups excluding carboxylic acids is 1. The highest BCUT2D eigenvalue weighted by Crippen LogP contribution is 2.16. The Morgan fingerprint density at radius 2 is 2.00 bits per heavy atom. The van der Waals surface area contributed by atoms with Gasteiger partial charge in [-0.2, -0.15) is 0 Å². The Morgan fingerprint density at radius 1 is 1.30 bits per heavy atom. The molecule has 0 unspecified atom stereocenters. The van der Waals surface area contributed by atoms with Gasteiger partial charge in [-0.15, -0.1) is 4.40 Å². The first kappa shape index (κ1) is 7.06. The molecule has 50 valence electrons. The maximum atomic E-state index is 9.67. The number of hydrogen-bond acceptors (Lipinski definition) is 3. The lowest BCUT2D eigenvalue weighted by molar-refractivity contribution is 0.566. The predicted octanol–water partition coefficient (Wildman–Crippen LogP) is 2.03. The summed E-state index contributed by atoms with van der Waals surface area (Å²) in [5.74, 6) is 0. The first-order chi connectivity index (χ1) is 4.93. The van der Waals surface area contributed by atoms with E-state index in [2.05, 4.69) is 4.40 Å². The van der Waals surface area contributed by atoms with Crippen molar-refractivity contribution < 1.29 is 4.79 Å². The fraction of sp³-hybridized carbons (Fsp3) is 0. The molecule has 0 aliphatic carbocycles. The highest BCUT2D eigenvalue weighted by molar-refractivity contribution is 7.98. The zero-order valence-electron chi connectivity index (χ0n) is 5.15. The molecule has 0 bridgehead atoms. The van der Waals surface area contributed by atoms with E-state index in [1.165, 1.54) is 6.08 Å². The molecule has 0 radical (unpaired) electrons. The minimum absolute atomic E-state index is 0.950. The topological polar surface area (TPSA) is 29.4 Å². The van der Waals surface area contributed by atoms with Gasteiger partial charge in [-0.25, -0.2) is 4.79 Å².